The van der Waals surface area contributed by atoms with Crippen LogP contribution in [0.3, 0.4) is 0 Å². The molecular formula is C27H29ClN2O3. The molecule has 0 saturated carbocycles. The van der Waals surface area contributed by atoms with Crippen LogP contribution in [0.25, 0.3) is 0 Å². The monoisotopic (exact) mass is 464 g/mol. The topological polar surface area (TPSA) is 54.3 Å². The van der Waals surface area contributed by atoms with Gasteiger partial charge in [-0.25, -0.2) is 0 Å². The molecule has 0 radical (unpaired) electrons. The van der Waals surface area contributed by atoms with Gasteiger partial charge in [0.05, 0.1) is 18.9 Å². The summed E-state index contributed by atoms with van der Waals surface area (Å²) in [5.74, 6) is 0.822. The van der Waals surface area contributed by atoms with Crippen molar-refractivity contribution in [1.82, 2.24) is 4.90 Å². The van der Waals surface area contributed by atoms with Crippen LogP contribution < -0.4 is 4.74 Å². The Kier molecular flexibility index (Phi) is 8.00. The van der Waals surface area contributed by atoms with Crippen molar-refractivity contribution in [2.75, 3.05) is 20.2 Å². The van der Waals surface area contributed by atoms with Crippen molar-refractivity contribution in [3.05, 3.63) is 101 Å². The molecular weight excluding hydrogens is 436 g/mol. The number of hydrogen-bond acceptors (Lipinski definition) is 5. The van der Waals surface area contributed by atoms with Crippen LogP contribution in [-0.4, -0.2) is 48.1 Å². The quantitative estimate of drug-likeness (QED) is 0.461. The van der Waals surface area contributed by atoms with E-state index in [9.17, 15) is 5.11 Å². The van der Waals surface area contributed by atoms with Crippen LogP contribution in [0.4, 0.5) is 0 Å². The molecule has 5 nitrogen and oxygen atoms in total. The zero-order valence-electron chi connectivity index (χ0n) is 18.7. The summed E-state index contributed by atoms with van der Waals surface area (Å²) < 4.78 is 5.38. The number of aliphatic hydroxyl groups is 1. The van der Waals surface area contributed by atoms with Crippen molar-refractivity contribution >= 4 is 17.3 Å². The lowest BCUT2D eigenvalue weighted by Crippen LogP contribution is -2.38. The highest BCUT2D eigenvalue weighted by atomic mass is 35.5. The molecule has 0 spiro atoms. The Morgan fingerprint density at radius 1 is 1.06 bits per heavy atom. The lowest BCUT2D eigenvalue weighted by molar-refractivity contribution is 0.0322. The van der Waals surface area contributed by atoms with Gasteiger partial charge in [-0.3, -0.25) is 4.90 Å². The number of halogens is 1. The van der Waals surface area contributed by atoms with E-state index in [-0.39, 0.29) is 6.10 Å². The summed E-state index contributed by atoms with van der Waals surface area (Å²) >= 11 is 6.01. The van der Waals surface area contributed by atoms with Gasteiger partial charge in [0.2, 0.25) is 0 Å². The van der Waals surface area contributed by atoms with Gasteiger partial charge >= 0.3 is 0 Å². The fraction of sp³-hybridized carbons (Fsp3) is 0.296. The first kappa shape index (κ1) is 23.3. The van der Waals surface area contributed by atoms with Crippen molar-refractivity contribution in [2.45, 2.75) is 31.6 Å². The standard InChI is InChI=1S/C27H29ClN2O3/c1-32-25-9-5-8-21(15-25)17-30(18-24(31)14-20-6-3-2-4-7-20)19-26-16-27(29-33-26)22-10-12-23(28)13-11-22/h2-13,15,24,26,31H,14,16-19H2,1H3/t24-,26-/m1/s1. The molecule has 0 aliphatic carbocycles. The average Bonchev–Trinajstić information content (AvgIpc) is 3.28. The van der Waals surface area contributed by atoms with E-state index in [1.54, 1.807) is 7.11 Å². The number of benzene rings is 3. The fourth-order valence-corrected chi connectivity index (χ4v) is 4.23. The van der Waals surface area contributed by atoms with Crippen LogP contribution in [-0.2, 0) is 17.8 Å². The van der Waals surface area contributed by atoms with Crippen molar-refractivity contribution in [1.29, 1.82) is 0 Å². The summed E-state index contributed by atoms with van der Waals surface area (Å²) in [6.45, 7) is 1.87. The molecule has 172 valence electrons. The van der Waals surface area contributed by atoms with E-state index in [4.69, 9.17) is 21.2 Å². The minimum absolute atomic E-state index is 0.0785. The van der Waals surface area contributed by atoms with Crippen LogP contribution in [0.2, 0.25) is 5.02 Å². The molecule has 0 bridgehead atoms. The number of methoxy groups -OCH3 is 1. The van der Waals surface area contributed by atoms with Gasteiger partial charge in [-0.05, 0) is 47.4 Å². The largest absolute Gasteiger partial charge is 0.497 e. The normalized spacial score (nSPS) is 16.4. The van der Waals surface area contributed by atoms with E-state index in [0.717, 1.165) is 28.2 Å². The third-order valence-electron chi connectivity index (χ3n) is 5.70. The zero-order chi connectivity index (χ0) is 23.0. The summed E-state index contributed by atoms with van der Waals surface area (Å²) in [5.41, 5.74) is 4.18. The van der Waals surface area contributed by atoms with Gasteiger partial charge in [-0.15, -0.1) is 0 Å². The third kappa shape index (κ3) is 6.81. The Bertz CT molecular complexity index is 1060. The molecule has 3 aromatic carbocycles. The fourth-order valence-electron chi connectivity index (χ4n) is 4.11. The first-order valence-electron chi connectivity index (χ1n) is 11.1. The van der Waals surface area contributed by atoms with Gasteiger partial charge in [0.1, 0.15) is 11.9 Å². The molecule has 3 aromatic rings. The van der Waals surface area contributed by atoms with Gasteiger partial charge < -0.3 is 14.7 Å². The number of aliphatic hydroxyl groups excluding tert-OH is 1. The van der Waals surface area contributed by atoms with E-state index in [1.165, 1.54) is 0 Å². The van der Waals surface area contributed by atoms with Crippen molar-refractivity contribution < 1.29 is 14.7 Å². The zero-order valence-corrected chi connectivity index (χ0v) is 19.5. The minimum Gasteiger partial charge on any atom is -0.497 e. The maximum atomic E-state index is 10.8. The first-order valence-corrected chi connectivity index (χ1v) is 11.5. The highest BCUT2D eigenvalue weighted by Crippen LogP contribution is 2.21. The second-order valence-corrected chi connectivity index (χ2v) is 8.80. The SMILES string of the molecule is COc1cccc(CN(C[C@H](O)Cc2ccccc2)C[C@H]2CC(c3ccc(Cl)cc3)=NO2)c1. The predicted molar refractivity (Wildman–Crippen MR) is 132 cm³/mol. The van der Waals surface area contributed by atoms with Gasteiger partial charge in [0.15, 0.2) is 0 Å². The second kappa shape index (κ2) is 11.3. The molecule has 2 atom stereocenters. The second-order valence-electron chi connectivity index (χ2n) is 8.37. The number of nitrogens with zero attached hydrogens (tertiary/aromatic N) is 2. The third-order valence-corrected chi connectivity index (χ3v) is 5.95. The summed E-state index contributed by atoms with van der Waals surface area (Å²) in [5, 5.41) is 15.8. The molecule has 0 unspecified atom stereocenters. The van der Waals surface area contributed by atoms with Crippen molar-refractivity contribution in [3.63, 3.8) is 0 Å². The summed E-state index contributed by atoms with van der Waals surface area (Å²) in [6, 6.07) is 25.7. The summed E-state index contributed by atoms with van der Waals surface area (Å²) in [4.78, 5) is 8.00. The van der Waals surface area contributed by atoms with Gasteiger partial charge in [-0.2, -0.15) is 0 Å². The molecule has 4 rings (SSSR count). The molecule has 0 aromatic heterocycles. The molecule has 1 N–H and O–H groups in total. The summed E-state index contributed by atoms with van der Waals surface area (Å²) in [6.07, 6.45) is 0.750. The number of oxime groups is 1. The molecule has 1 aliphatic heterocycles. The van der Waals surface area contributed by atoms with E-state index < -0.39 is 6.10 Å². The first-order chi connectivity index (χ1) is 16.1. The van der Waals surface area contributed by atoms with E-state index >= 15 is 0 Å². The molecule has 0 saturated heterocycles. The Labute approximate surface area is 200 Å². The lowest BCUT2D eigenvalue weighted by atomic mass is 10.0. The van der Waals surface area contributed by atoms with Crippen molar-refractivity contribution in [2.24, 2.45) is 5.16 Å². The minimum atomic E-state index is -0.490. The number of ether oxygens (including phenoxy) is 1. The van der Waals surface area contributed by atoms with Crippen LogP contribution in [0, 0.1) is 0 Å². The Balaban J connectivity index is 1.42. The van der Waals surface area contributed by atoms with E-state index in [0.29, 0.717) is 37.5 Å². The van der Waals surface area contributed by atoms with Gasteiger partial charge in [0.25, 0.3) is 0 Å². The maximum Gasteiger partial charge on any atom is 0.145 e. The van der Waals surface area contributed by atoms with E-state index in [2.05, 4.69) is 16.1 Å². The molecule has 33 heavy (non-hydrogen) atoms. The highest BCUT2D eigenvalue weighted by molar-refractivity contribution is 6.30. The van der Waals surface area contributed by atoms with Crippen LogP contribution in [0.5, 0.6) is 5.75 Å². The molecule has 0 fully saturated rings. The number of hydrogen-bond donors (Lipinski definition) is 1. The molecule has 6 heteroatoms. The maximum absolute atomic E-state index is 10.8. The van der Waals surface area contributed by atoms with E-state index in [1.807, 2.05) is 72.8 Å². The Hall–Kier alpha value is -2.86. The van der Waals surface area contributed by atoms with Crippen LogP contribution >= 0.6 is 11.6 Å². The van der Waals surface area contributed by atoms with Crippen LogP contribution in [0.1, 0.15) is 23.1 Å². The molecule has 0 amide bonds. The molecule has 1 heterocycles. The van der Waals surface area contributed by atoms with Crippen LogP contribution in [0.15, 0.2) is 84.0 Å². The smallest absolute Gasteiger partial charge is 0.145 e. The number of rotatable bonds is 10. The Morgan fingerprint density at radius 2 is 1.82 bits per heavy atom. The predicted octanol–water partition coefficient (Wildman–Crippen LogP) is 4.95. The lowest BCUT2D eigenvalue weighted by Gasteiger charge is -2.27. The van der Waals surface area contributed by atoms with Gasteiger partial charge in [0, 0.05) is 31.1 Å². The average molecular weight is 465 g/mol. The summed E-state index contributed by atoms with van der Waals surface area (Å²) in [7, 11) is 1.67. The van der Waals surface area contributed by atoms with Crippen molar-refractivity contribution in [3.8, 4) is 5.75 Å². The highest BCUT2D eigenvalue weighted by Gasteiger charge is 2.26. The molecule has 1 aliphatic rings. The van der Waals surface area contributed by atoms with Gasteiger partial charge in [-0.1, -0.05) is 71.4 Å². The Morgan fingerprint density at radius 3 is 2.58 bits per heavy atom.